The first-order valence-electron chi connectivity index (χ1n) is 7.23. The molecule has 5 nitrogen and oxygen atoms in total. The Bertz CT molecular complexity index is 762. The van der Waals surface area contributed by atoms with Gasteiger partial charge in [0.1, 0.15) is 17.9 Å². The molecule has 0 aliphatic carbocycles. The Kier molecular flexibility index (Phi) is 4.60. The van der Waals surface area contributed by atoms with E-state index in [9.17, 15) is 5.11 Å². The van der Waals surface area contributed by atoms with Gasteiger partial charge in [0, 0.05) is 11.6 Å². The first-order chi connectivity index (χ1) is 11.1. The van der Waals surface area contributed by atoms with E-state index in [1.165, 1.54) is 6.33 Å². The number of H-pyrrole nitrogens is 1. The smallest absolute Gasteiger partial charge is 0.146 e. The van der Waals surface area contributed by atoms with E-state index >= 15 is 0 Å². The molecule has 0 saturated heterocycles. The van der Waals surface area contributed by atoms with Gasteiger partial charge in [-0.15, -0.1) is 0 Å². The molecule has 3 rings (SSSR count). The number of aromatic amines is 1. The number of benzene rings is 2. The van der Waals surface area contributed by atoms with Crippen molar-refractivity contribution in [3.05, 3.63) is 76.8 Å². The Balaban J connectivity index is 1.92. The summed E-state index contributed by atoms with van der Waals surface area (Å²) in [6.07, 6.45) is 1.50. The summed E-state index contributed by atoms with van der Waals surface area (Å²) >= 11 is 6.24. The monoisotopic (exact) mass is 328 g/mol. The van der Waals surface area contributed by atoms with Gasteiger partial charge in [0.15, 0.2) is 0 Å². The van der Waals surface area contributed by atoms with Gasteiger partial charge in [0.2, 0.25) is 0 Å². The molecule has 2 N–H and O–H groups in total. The number of hydrogen-bond acceptors (Lipinski definition) is 4. The molecule has 0 amide bonds. The number of phenolic OH excluding ortho intramolecular Hbond substituents is 1. The van der Waals surface area contributed by atoms with Gasteiger partial charge in [-0.1, -0.05) is 41.9 Å². The second kappa shape index (κ2) is 6.81. The topological polar surface area (TPSA) is 65.0 Å². The summed E-state index contributed by atoms with van der Waals surface area (Å²) in [5.74, 6) is 0.962. The highest BCUT2D eigenvalue weighted by atomic mass is 35.5. The van der Waals surface area contributed by atoms with E-state index in [1.807, 2.05) is 37.4 Å². The molecule has 0 aliphatic heterocycles. The van der Waals surface area contributed by atoms with Crippen LogP contribution in [0.3, 0.4) is 0 Å². The molecule has 1 heterocycles. The third-order valence-electron chi connectivity index (χ3n) is 3.70. The van der Waals surface area contributed by atoms with Crippen molar-refractivity contribution in [2.75, 3.05) is 7.05 Å². The van der Waals surface area contributed by atoms with E-state index in [1.54, 1.807) is 18.2 Å². The van der Waals surface area contributed by atoms with Gasteiger partial charge < -0.3 is 5.11 Å². The second-order valence-corrected chi connectivity index (χ2v) is 5.78. The quantitative estimate of drug-likeness (QED) is 0.753. The van der Waals surface area contributed by atoms with E-state index in [-0.39, 0.29) is 11.8 Å². The number of halogens is 1. The fourth-order valence-electron chi connectivity index (χ4n) is 2.65. The van der Waals surface area contributed by atoms with Gasteiger partial charge >= 0.3 is 0 Å². The number of phenols is 1. The summed E-state index contributed by atoms with van der Waals surface area (Å²) in [6.45, 7) is 0.563. The van der Waals surface area contributed by atoms with Crippen molar-refractivity contribution in [2.24, 2.45) is 0 Å². The van der Waals surface area contributed by atoms with Crippen molar-refractivity contribution in [3.63, 3.8) is 0 Å². The van der Waals surface area contributed by atoms with Crippen LogP contribution in [0.15, 0.2) is 54.9 Å². The predicted molar refractivity (Wildman–Crippen MR) is 89.3 cm³/mol. The number of nitrogens with zero attached hydrogens (tertiary/aromatic N) is 3. The van der Waals surface area contributed by atoms with Crippen LogP contribution < -0.4 is 0 Å². The minimum Gasteiger partial charge on any atom is -0.508 e. The summed E-state index contributed by atoms with van der Waals surface area (Å²) in [5.41, 5.74) is 1.96. The SMILES string of the molecule is CN(Cc1cc(O)ccc1Cl)C(c1ccccc1)c1ncn[nH]1. The first kappa shape index (κ1) is 15.5. The van der Waals surface area contributed by atoms with Crippen LogP contribution in [-0.2, 0) is 6.54 Å². The van der Waals surface area contributed by atoms with Crippen molar-refractivity contribution < 1.29 is 5.11 Å². The van der Waals surface area contributed by atoms with Crippen molar-refractivity contribution in [1.29, 1.82) is 0 Å². The van der Waals surface area contributed by atoms with Gasteiger partial charge in [0.05, 0.1) is 6.04 Å². The number of hydrogen-bond donors (Lipinski definition) is 2. The molecule has 0 radical (unpaired) electrons. The molecule has 2 aromatic carbocycles. The Labute approximate surface area is 139 Å². The van der Waals surface area contributed by atoms with E-state index in [2.05, 4.69) is 20.1 Å². The van der Waals surface area contributed by atoms with E-state index in [0.29, 0.717) is 11.6 Å². The Morgan fingerprint density at radius 1 is 1.22 bits per heavy atom. The molecule has 0 spiro atoms. The summed E-state index contributed by atoms with van der Waals surface area (Å²) in [7, 11) is 1.99. The standard InChI is InChI=1S/C17H17ClN4O/c1-22(10-13-9-14(23)7-8-15(13)18)16(17-19-11-20-21-17)12-5-3-2-4-6-12/h2-9,11,16,23H,10H2,1H3,(H,19,20,21). The normalized spacial score (nSPS) is 12.5. The third-order valence-corrected chi connectivity index (χ3v) is 4.07. The lowest BCUT2D eigenvalue weighted by atomic mass is 10.0. The van der Waals surface area contributed by atoms with Crippen LogP contribution in [0.1, 0.15) is 23.0 Å². The largest absolute Gasteiger partial charge is 0.508 e. The summed E-state index contributed by atoms with van der Waals surface area (Å²) in [6, 6.07) is 14.9. The Hall–Kier alpha value is -2.37. The lowest BCUT2D eigenvalue weighted by Crippen LogP contribution is -2.26. The zero-order chi connectivity index (χ0) is 16.2. The second-order valence-electron chi connectivity index (χ2n) is 5.37. The fourth-order valence-corrected chi connectivity index (χ4v) is 2.82. The number of aromatic nitrogens is 3. The van der Waals surface area contributed by atoms with Crippen LogP contribution in [-0.4, -0.2) is 32.2 Å². The molecule has 0 aliphatic rings. The molecule has 0 bridgehead atoms. The van der Waals surface area contributed by atoms with E-state index in [4.69, 9.17) is 11.6 Å². The molecule has 0 fully saturated rings. The highest BCUT2D eigenvalue weighted by Gasteiger charge is 2.22. The maximum Gasteiger partial charge on any atom is 0.146 e. The van der Waals surface area contributed by atoms with Crippen LogP contribution in [0.4, 0.5) is 0 Å². The lowest BCUT2D eigenvalue weighted by molar-refractivity contribution is 0.261. The van der Waals surface area contributed by atoms with Gasteiger partial charge in [0.25, 0.3) is 0 Å². The number of nitrogens with one attached hydrogen (secondary N) is 1. The average Bonchev–Trinajstić information content (AvgIpc) is 3.06. The Morgan fingerprint density at radius 2 is 2.00 bits per heavy atom. The van der Waals surface area contributed by atoms with Crippen LogP contribution >= 0.6 is 11.6 Å². The number of aromatic hydroxyl groups is 1. The maximum atomic E-state index is 9.68. The Morgan fingerprint density at radius 3 is 2.70 bits per heavy atom. The molecule has 1 atom stereocenters. The van der Waals surface area contributed by atoms with Crippen molar-refractivity contribution in [2.45, 2.75) is 12.6 Å². The van der Waals surface area contributed by atoms with Crippen molar-refractivity contribution in [1.82, 2.24) is 20.1 Å². The highest BCUT2D eigenvalue weighted by molar-refractivity contribution is 6.31. The van der Waals surface area contributed by atoms with Crippen LogP contribution in [0, 0.1) is 0 Å². The van der Waals surface area contributed by atoms with Crippen molar-refractivity contribution in [3.8, 4) is 5.75 Å². The van der Waals surface area contributed by atoms with Gasteiger partial charge in [-0.2, -0.15) is 5.10 Å². The lowest BCUT2D eigenvalue weighted by Gasteiger charge is -2.27. The third kappa shape index (κ3) is 3.52. The minimum absolute atomic E-state index is 0.0860. The van der Waals surface area contributed by atoms with Gasteiger partial charge in [-0.3, -0.25) is 10.00 Å². The first-order valence-corrected chi connectivity index (χ1v) is 7.61. The van der Waals surface area contributed by atoms with Gasteiger partial charge in [-0.05, 0) is 36.4 Å². The zero-order valence-corrected chi connectivity index (χ0v) is 13.4. The summed E-state index contributed by atoms with van der Waals surface area (Å²) in [5, 5.41) is 17.2. The predicted octanol–water partition coefficient (Wildman–Crippen LogP) is 3.39. The molecule has 118 valence electrons. The van der Waals surface area contributed by atoms with Gasteiger partial charge in [-0.25, -0.2) is 4.98 Å². The zero-order valence-electron chi connectivity index (χ0n) is 12.6. The molecule has 0 saturated carbocycles. The molecule has 6 heteroatoms. The van der Waals surface area contributed by atoms with E-state index < -0.39 is 0 Å². The summed E-state index contributed by atoms with van der Waals surface area (Å²) < 4.78 is 0. The highest BCUT2D eigenvalue weighted by Crippen LogP contribution is 2.29. The number of rotatable bonds is 5. The van der Waals surface area contributed by atoms with Crippen LogP contribution in [0.25, 0.3) is 0 Å². The summed E-state index contributed by atoms with van der Waals surface area (Å²) in [4.78, 5) is 6.41. The fraction of sp³-hybridized carbons (Fsp3) is 0.176. The molecular formula is C17H17ClN4O. The molecule has 1 aromatic heterocycles. The van der Waals surface area contributed by atoms with Crippen LogP contribution in [0.2, 0.25) is 5.02 Å². The molecule has 23 heavy (non-hydrogen) atoms. The average molecular weight is 329 g/mol. The minimum atomic E-state index is -0.0860. The van der Waals surface area contributed by atoms with Crippen LogP contribution in [0.5, 0.6) is 5.75 Å². The van der Waals surface area contributed by atoms with E-state index in [0.717, 1.165) is 17.0 Å². The molecular weight excluding hydrogens is 312 g/mol. The molecule has 1 unspecified atom stereocenters. The maximum absolute atomic E-state index is 9.68. The van der Waals surface area contributed by atoms with Crippen molar-refractivity contribution >= 4 is 11.6 Å². The molecule has 3 aromatic rings.